The Hall–Kier alpha value is -4.74. The van der Waals surface area contributed by atoms with Crippen LogP contribution in [-0.4, -0.2) is 26.0 Å². The van der Waals surface area contributed by atoms with Crippen LogP contribution in [0.2, 0.25) is 5.02 Å². The van der Waals surface area contributed by atoms with Gasteiger partial charge < -0.3 is 26.3 Å². The lowest BCUT2D eigenvalue weighted by atomic mass is 9.95. The molecule has 12 heteroatoms. The summed E-state index contributed by atoms with van der Waals surface area (Å²) in [5.41, 5.74) is 15.4. The Morgan fingerprint density at radius 1 is 1.25 bits per heavy atom. The van der Waals surface area contributed by atoms with Crippen LogP contribution >= 0.6 is 22.9 Å². The minimum Gasteiger partial charge on any atom is -0.487 e. The first-order chi connectivity index (χ1) is 21.3. The SMILES string of the molecule is C/C(N)=C\N.C=CC.O=CCn1ncc2c1CCc1c-2sc2ncnc(Nc3ccc(OCc4cccc(F)c4)c(Cl)c3)c12. The molecule has 0 unspecified atom stereocenters. The van der Waals surface area contributed by atoms with Crippen molar-refractivity contribution < 1.29 is 13.9 Å². The number of aryl methyl sites for hydroxylation is 1. The van der Waals surface area contributed by atoms with Crippen LogP contribution in [0.25, 0.3) is 20.7 Å². The van der Waals surface area contributed by atoms with E-state index in [0.29, 0.717) is 22.3 Å². The molecule has 1 aliphatic carbocycles. The van der Waals surface area contributed by atoms with E-state index in [4.69, 9.17) is 27.8 Å². The van der Waals surface area contributed by atoms with Crippen LogP contribution in [0.3, 0.4) is 0 Å². The Morgan fingerprint density at radius 3 is 2.70 bits per heavy atom. The zero-order valence-corrected chi connectivity index (χ0v) is 26.0. The van der Waals surface area contributed by atoms with Crippen molar-refractivity contribution in [2.24, 2.45) is 11.5 Å². The molecule has 6 rings (SSSR count). The summed E-state index contributed by atoms with van der Waals surface area (Å²) in [6.45, 7) is 7.45. The van der Waals surface area contributed by atoms with E-state index < -0.39 is 0 Å². The number of halogens is 2. The van der Waals surface area contributed by atoms with Crippen LogP contribution in [0.15, 0.2) is 79.5 Å². The van der Waals surface area contributed by atoms with Gasteiger partial charge in [-0.2, -0.15) is 5.10 Å². The molecule has 0 radical (unpaired) electrons. The zero-order valence-electron chi connectivity index (χ0n) is 24.4. The van der Waals surface area contributed by atoms with E-state index in [1.165, 1.54) is 23.9 Å². The third-order valence-corrected chi connectivity index (χ3v) is 7.85. The molecule has 0 saturated heterocycles. The molecule has 0 spiro atoms. The summed E-state index contributed by atoms with van der Waals surface area (Å²) in [4.78, 5) is 22.0. The summed E-state index contributed by atoms with van der Waals surface area (Å²) in [6, 6.07) is 11.7. The molecule has 5 aromatic rings. The third-order valence-electron chi connectivity index (χ3n) is 6.38. The molecule has 0 aliphatic heterocycles. The number of anilines is 2. The van der Waals surface area contributed by atoms with Crippen molar-refractivity contribution in [2.45, 2.75) is 39.8 Å². The maximum absolute atomic E-state index is 13.4. The van der Waals surface area contributed by atoms with Gasteiger partial charge in [0, 0.05) is 33.7 Å². The van der Waals surface area contributed by atoms with Crippen molar-refractivity contribution in [3.8, 4) is 16.2 Å². The van der Waals surface area contributed by atoms with E-state index in [1.807, 2.05) is 19.2 Å². The number of ether oxygens (including phenoxy) is 1. The molecule has 1 aliphatic rings. The summed E-state index contributed by atoms with van der Waals surface area (Å²) in [6.07, 6.45) is 8.95. The fourth-order valence-corrected chi connectivity index (χ4v) is 5.96. The number of hydrogen-bond acceptors (Lipinski definition) is 9. The fourth-order valence-electron chi connectivity index (χ4n) is 4.50. The number of allylic oxidation sites excluding steroid dienone is 2. The molecular weight excluding hydrogens is 601 g/mol. The predicted molar refractivity (Wildman–Crippen MR) is 176 cm³/mol. The minimum atomic E-state index is -0.306. The van der Waals surface area contributed by atoms with E-state index in [2.05, 4.69) is 27.0 Å². The lowest BCUT2D eigenvalue weighted by molar-refractivity contribution is -0.108. The first-order valence-corrected chi connectivity index (χ1v) is 14.9. The van der Waals surface area contributed by atoms with Gasteiger partial charge in [0.1, 0.15) is 41.4 Å². The summed E-state index contributed by atoms with van der Waals surface area (Å²) >= 11 is 8.09. The lowest BCUT2D eigenvalue weighted by Gasteiger charge is -2.15. The normalized spacial score (nSPS) is 11.7. The molecule has 2 aromatic carbocycles. The van der Waals surface area contributed by atoms with Crippen LogP contribution in [-0.2, 0) is 30.8 Å². The van der Waals surface area contributed by atoms with Crippen molar-refractivity contribution >= 4 is 50.9 Å². The van der Waals surface area contributed by atoms with Crippen LogP contribution < -0.4 is 21.5 Å². The second-order valence-corrected chi connectivity index (χ2v) is 11.1. The van der Waals surface area contributed by atoms with Gasteiger partial charge in [-0.3, -0.25) is 4.68 Å². The molecule has 44 heavy (non-hydrogen) atoms. The zero-order chi connectivity index (χ0) is 31.6. The Morgan fingerprint density at radius 2 is 2.02 bits per heavy atom. The summed E-state index contributed by atoms with van der Waals surface area (Å²) < 4.78 is 21.0. The third kappa shape index (κ3) is 7.61. The van der Waals surface area contributed by atoms with Crippen molar-refractivity contribution in [2.75, 3.05) is 5.32 Å². The molecular formula is C32H33ClFN7O2S. The van der Waals surface area contributed by atoms with Gasteiger partial charge in [0.25, 0.3) is 0 Å². The smallest absolute Gasteiger partial charge is 0.142 e. The molecule has 5 N–H and O–H groups in total. The number of nitrogens with two attached hydrogens (primary N) is 2. The predicted octanol–water partition coefficient (Wildman–Crippen LogP) is 6.92. The highest BCUT2D eigenvalue weighted by atomic mass is 35.5. The number of nitrogens with one attached hydrogen (secondary N) is 1. The number of rotatable bonds is 7. The van der Waals surface area contributed by atoms with E-state index in [9.17, 15) is 9.18 Å². The standard InChI is InChI=1S/C26H19ClFN5O2S.C3H8N2.C3H6/c27-20-11-17(4-7-22(20)35-13-15-2-1-3-16(28)10-15)32-25-23-18-5-6-21-19(12-31-33(21)8-9-34)24(18)36-26(23)30-14-29-25;1-3(5)2-4;1-3-2/h1-4,7,9-12,14H,5-6,8,13H2,(H,29,30,32);2H,4-5H2,1H3;3H,1H2,2H3/b;3-2+;. The number of nitrogens with zero attached hydrogens (tertiary/aromatic N) is 4. The van der Waals surface area contributed by atoms with Gasteiger partial charge in [0.2, 0.25) is 0 Å². The Bertz CT molecular complexity index is 1800. The Labute approximate surface area is 264 Å². The number of carbonyl (C=O) groups is 1. The van der Waals surface area contributed by atoms with Gasteiger partial charge in [-0.25, -0.2) is 14.4 Å². The van der Waals surface area contributed by atoms with Gasteiger partial charge in [-0.15, -0.1) is 17.9 Å². The van der Waals surface area contributed by atoms with Crippen molar-refractivity contribution in [3.05, 3.63) is 107 Å². The molecule has 3 aromatic heterocycles. The average Bonchev–Trinajstić information content (AvgIpc) is 3.60. The van der Waals surface area contributed by atoms with Crippen LogP contribution in [0.4, 0.5) is 15.9 Å². The fraction of sp³-hybridized carbons (Fsp3) is 0.188. The van der Waals surface area contributed by atoms with Gasteiger partial charge in [0.05, 0.1) is 23.2 Å². The maximum Gasteiger partial charge on any atom is 0.142 e. The number of benzene rings is 2. The number of fused-ring (bicyclic) bond motifs is 5. The quantitative estimate of drug-likeness (QED) is 0.130. The highest BCUT2D eigenvalue weighted by molar-refractivity contribution is 7.22. The second-order valence-electron chi connectivity index (χ2n) is 9.67. The molecule has 9 nitrogen and oxygen atoms in total. The van der Waals surface area contributed by atoms with Gasteiger partial charge >= 0.3 is 0 Å². The molecule has 0 fully saturated rings. The highest BCUT2D eigenvalue weighted by Gasteiger charge is 2.26. The van der Waals surface area contributed by atoms with Crippen LogP contribution in [0, 0.1) is 5.82 Å². The Balaban J connectivity index is 0.000000496. The van der Waals surface area contributed by atoms with E-state index in [-0.39, 0.29) is 19.0 Å². The molecule has 0 atom stereocenters. The van der Waals surface area contributed by atoms with Crippen LogP contribution in [0.1, 0.15) is 30.7 Å². The summed E-state index contributed by atoms with van der Waals surface area (Å²) in [5, 5.41) is 9.19. The largest absolute Gasteiger partial charge is 0.487 e. The Kier molecular flexibility index (Phi) is 11.1. The summed E-state index contributed by atoms with van der Waals surface area (Å²) in [7, 11) is 0. The minimum absolute atomic E-state index is 0.212. The van der Waals surface area contributed by atoms with Gasteiger partial charge in [0.15, 0.2) is 0 Å². The highest BCUT2D eigenvalue weighted by Crippen LogP contribution is 2.45. The second kappa shape index (κ2) is 15.1. The number of thiophene rings is 1. The lowest BCUT2D eigenvalue weighted by Crippen LogP contribution is -2.10. The maximum atomic E-state index is 13.4. The number of carbonyl (C=O) groups excluding carboxylic acids is 1. The molecule has 0 bridgehead atoms. The van der Waals surface area contributed by atoms with Crippen molar-refractivity contribution in [3.63, 3.8) is 0 Å². The molecule has 228 valence electrons. The molecule has 0 saturated carbocycles. The van der Waals surface area contributed by atoms with E-state index in [0.717, 1.165) is 56.7 Å². The van der Waals surface area contributed by atoms with E-state index >= 15 is 0 Å². The molecule has 3 heterocycles. The van der Waals surface area contributed by atoms with Crippen molar-refractivity contribution in [1.29, 1.82) is 0 Å². The summed E-state index contributed by atoms with van der Waals surface area (Å²) in [5.74, 6) is 0.900. The monoisotopic (exact) mass is 633 g/mol. The molecule has 0 amide bonds. The first-order valence-electron chi connectivity index (χ1n) is 13.7. The average molecular weight is 634 g/mol. The van der Waals surface area contributed by atoms with E-state index in [1.54, 1.807) is 59.6 Å². The number of aldehydes is 1. The van der Waals surface area contributed by atoms with Crippen molar-refractivity contribution in [1.82, 2.24) is 19.7 Å². The van der Waals surface area contributed by atoms with Crippen LogP contribution in [0.5, 0.6) is 5.75 Å². The number of hydrogen-bond donors (Lipinski definition) is 3. The van der Waals surface area contributed by atoms with Gasteiger partial charge in [-0.1, -0.05) is 29.8 Å². The van der Waals surface area contributed by atoms with Gasteiger partial charge in [-0.05, 0) is 68.1 Å². The first kappa shape index (κ1) is 32.2. The number of aromatic nitrogens is 4. The topological polar surface area (TPSA) is 134 Å².